The third kappa shape index (κ3) is 3.44. The van der Waals surface area contributed by atoms with Crippen molar-refractivity contribution in [2.24, 2.45) is 0 Å². The summed E-state index contributed by atoms with van der Waals surface area (Å²) in [6, 6.07) is 5.83. The zero-order chi connectivity index (χ0) is 19.7. The van der Waals surface area contributed by atoms with E-state index in [1.165, 1.54) is 10.4 Å². The Bertz CT molecular complexity index is 880. The van der Waals surface area contributed by atoms with Gasteiger partial charge < -0.3 is 20.1 Å². The predicted octanol–water partition coefficient (Wildman–Crippen LogP) is 3.78. The third-order valence-electron chi connectivity index (χ3n) is 5.26. The predicted molar refractivity (Wildman–Crippen MR) is 112 cm³/mol. The molecule has 4 rings (SSSR count). The van der Waals surface area contributed by atoms with Gasteiger partial charge in [0.15, 0.2) is 11.5 Å². The van der Waals surface area contributed by atoms with Gasteiger partial charge in [0, 0.05) is 18.0 Å². The molecule has 0 unspecified atom stereocenters. The van der Waals surface area contributed by atoms with Crippen LogP contribution in [-0.4, -0.2) is 37.1 Å². The van der Waals surface area contributed by atoms with E-state index < -0.39 is 0 Å². The van der Waals surface area contributed by atoms with E-state index in [4.69, 9.17) is 9.47 Å². The van der Waals surface area contributed by atoms with Gasteiger partial charge in [-0.15, -0.1) is 11.3 Å². The summed E-state index contributed by atoms with van der Waals surface area (Å²) in [5.74, 6) is 1.43. The SMILES string of the molecule is CCOc1ccc([C@H]2NC(=O)c3c(sc4c3CCN(CC)C4)N2)cc1OCC. The molecule has 150 valence electrons. The van der Waals surface area contributed by atoms with E-state index in [2.05, 4.69) is 22.5 Å². The molecule has 1 amide bonds. The van der Waals surface area contributed by atoms with Crippen molar-refractivity contribution in [1.29, 1.82) is 0 Å². The fraction of sp³-hybridized carbons (Fsp3) is 0.476. The number of rotatable bonds is 6. The van der Waals surface area contributed by atoms with Crippen molar-refractivity contribution in [3.05, 3.63) is 39.8 Å². The van der Waals surface area contributed by atoms with Crippen molar-refractivity contribution in [3.63, 3.8) is 0 Å². The number of likely N-dealkylation sites (N-methyl/N-ethyl adjacent to an activating group) is 1. The maximum Gasteiger partial charge on any atom is 0.256 e. The molecule has 2 aliphatic heterocycles. The highest BCUT2D eigenvalue weighted by Crippen LogP contribution is 2.41. The molecule has 3 heterocycles. The van der Waals surface area contributed by atoms with E-state index in [0.717, 1.165) is 47.9 Å². The summed E-state index contributed by atoms with van der Waals surface area (Å²) in [5.41, 5.74) is 3.00. The molecule has 1 aromatic carbocycles. The smallest absolute Gasteiger partial charge is 0.256 e. The van der Waals surface area contributed by atoms with Gasteiger partial charge >= 0.3 is 0 Å². The lowest BCUT2D eigenvalue weighted by Crippen LogP contribution is -2.38. The lowest BCUT2D eigenvalue weighted by molar-refractivity contribution is 0.0934. The van der Waals surface area contributed by atoms with E-state index in [0.29, 0.717) is 19.0 Å². The average Bonchev–Trinajstić information content (AvgIpc) is 3.07. The van der Waals surface area contributed by atoms with Crippen LogP contribution in [0.5, 0.6) is 11.5 Å². The molecule has 2 N–H and O–H groups in total. The number of amides is 1. The van der Waals surface area contributed by atoms with Crippen LogP contribution in [0.1, 0.15) is 53.3 Å². The standard InChI is InChI=1S/C21H27N3O3S/c1-4-24-10-9-14-17(12-24)28-21-18(14)20(25)22-19(23-21)13-7-8-15(26-5-2)16(11-13)27-6-3/h7-8,11,19,23H,4-6,9-10,12H2,1-3H3,(H,22,25)/t19-/m0/s1. The number of hydrogen-bond acceptors (Lipinski definition) is 6. The van der Waals surface area contributed by atoms with Crippen LogP contribution in [0, 0.1) is 0 Å². The Kier molecular flexibility index (Phi) is 5.46. The molecule has 7 heteroatoms. The number of thiophene rings is 1. The minimum atomic E-state index is -0.280. The van der Waals surface area contributed by atoms with Gasteiger partial charge in [-0.05, 0) is 50.1 Å². The highest BCUT2D eigenvalue weighted by Gasteiger charge is 2.33. The van der Waals surface area contributed by atoms with Crippen LogP contribution in [-0.2, 0) is 13.0 Å². The van der Waals surface area contributed by atoms with Crippen LogP contribution >= 0.6 is 11.3 Å². The average molecular weight is 402 g/mol. The number of nitrogens with one attached hydrogen (secondary N) is 2. The van der Waals surface area contributed by atoms with E-state index in [1.54, 1.807) is 11.3 Å². The first-order valence-corrected chi connectivity index (χ1v) is 10.8. The number of fused-ring (bicyclic) bond motifs is 3. The maximum atomic E-state index is 12.9. The zero-order valence-corrected chi connectivity index (χ0v) is 17.4. The van der Waals surface area contributed by atoms with Crippen molar-refractivity contribution in [2.45, 2.75) is 39.9 Å². The Balaban J connectivity index is 1.62. The van der Waals surface area contributed by atoms with Gasteiger partial charge in [-0.1, -0.05) is 13.0 Å². The van der Waals surface area contributed by atoms with Crippen molar-refractivity contribution in [2.75, 3.05) is 31.6 Å². The number of nitrogens with zero attached hydrogens (tertiary/aromatic N) is 1. The second kappa shape index (κ2) is 8.01. The van der Waals surface area contributed by atoms with Crippen LogP contribution in [0.25, 0.3) is 0 Å². The number of carbonyl (C=O) groups is 1. The monoisotopic (exact) mass is 401 g/mol. The molecule has 1 atom stereocenters. The Morgan fingerprint density at radius 1 is 1.14 bits per heavy atom. The molecule has 28 heavy (non-hydrogen) atoms. The number of carbonyl (C=O) groups excluding carboxylic acids is 1. The molecule has 0 radical (unpaired) electrons. The molecule has 2 aliphatic rings. The molecule has 0 fully saturated rings. The van der Waals surface area contributed by atoms with Crippen LogP contribution in [0.2, 0.25) is 0 Å². The Hall–Kier alpha value is -2.25. The lowest BCUT2D eigenvalue weighted by Gasteiger charge is -2.28. The zero-order valence-electron chi connectivity index (χ0n) is 16.6. The normalized spacial score (nSPS) is 18.7. The summed E-state index contributed by atoms with van der Waals surface area (Å²) in [6.45, 7) is 10.2. The van der Waals surface area contributed by atoms with Crippen LogP contribution in [0.15, 0.2) is 18.2 Å². The van der Waals surface area contributed by atoms with Crippen molar-refractivity contribution in [3.8, 4) is 11.5 Å². The summed E-state index contributed by atoms with van der Waals surface area (Å²) in [7, 11) is 0. The van der Waals surface area contributed by atoms with Gasteiger partial charge in [0.05, 0.1) is 18.8 Å². The molecule has 2 aromatic rings. The van der Waals surface area contributed by atoms with Gasteiger partial charge in [-0.25, -0.2) is 0 Å². The van der Waals surface area contributed by atoms with E-state index in [-0.39, 0.29) is 12.1 Å². The molecule has 0 saturated heterocycles. The first-order valence-electron chi connectivity index (χ1n) is 9.98. The Morgan fingerprint density at radius 2 is 1.93 bits per heavy atom. The first kappa shape index (κ1) is 19.1. The minimum absolute atomic E-state index is 0.00745. The summed E-state index contributed by atoms with van der Waals surface area (Å²) in [6.07, 6.45) is 0.657. The second-order valence-electron chi connectivity index (χ2n) is 6.95. The van der Waals surface area contributed by atoms with Gasteiger partial charge in [0.25, 0.3) is 5.91 Å². The quantitative estimate of drug-likeness (QED) is 0.771. The molecule has 6 nitrogen and oxygen atoms in total. The van der Waals surface area contributed by atoms with Crippen LogP contribution < -0.4 is 20.1 Å². The number of hydrogen-bond donors (Lipinski definition) is 2. The molecule has 1 aromatic heterocycles. The molecular formula is C21H27N3O3S. The van der Waals surface area contributed by atoms with Crippen molar-refractivity contribution < 1.29 is 14.3 Å². The fourth-order valence-corrected chi connectivity index (χ4v) is 5.17. The van der Waals surface area contributed by atoms with Crippen molar-refractivity contribution in [1.82, 2.24) is 10.2 Å². The highest BCUT2D eigenvalue weighted by molar-refractivity contribution is 7.16. The molecule has 0 bridgehead atoms. The Labute approximate surface area is 169 Å². The van der Waals surface area contributed by atoms with E-state index in [1.807, 2.05) is 32.0 Å². The topological polar surface area (TPSA) is 62.8 Å². The third-order valence-corrected chi connectivity index (χ3v) is 6.41. The first-order chi connectivity index (χ1) is 13.6. The number of ether oxygens (including phenoxy) is 2. The van der Waals surface area contributed by atoms with Crippen molar-refractivity contribution >= 4 is 22.2 Å². The minimum Gasteiger partial charge on any atom is -0.490 e. The van der Waals surface area contributed by atoms with Gasteiger partial charge in [0.1, 0.15) is 11.2 Å². The molecule has 0 spiro atoms. The summed E-state index contributed by atoms with van der Waals surface area (Å²) in [4.78, 5) is 16.6. The number of benzene rings is 1. The van der Waals surface area contributed by atoms with Crippen LogP contribution in [0.3, 0.4) is 0 Å². The van der Waals surface area contributed by atoms with Gasteiger partial charge in [0.2, 0.25) is 0 Å². The van der Waals surface area contributed by atoms with E-state index in [9.17, 15) is 4.79 Å². The summed E-state index contributed by atoms with van der Waals surface area (Å²) >= 11 is 1.72. The van der Waals surface area contributed by atoms with Crippen LogP contribution in [0.4, 0.5) is 5.00 Å². The summed E-state index contributed by atoms with van der Waals surface area (Å²) < 4.78 is 11.4. The van der Waals surface area contributed by atoms with Gasteiger partial charge in [-0.2, -0.15) is 0 Å². The lowest BCUT2D eigenvalue weighted by atomic mass is 10.0. The highest BCUT2D eigenvalue weighted by atomic mass is 32.1. The molecule has 0 aliphatic carbocycles. The maximum absolute atomic E-state index is 12.9. The largest absolute Gasteiger partial charge is 0.490 e. The fourth-order valence-electron chi connectivity index (χ4n) is 3.85. The Morgan fingerprint density at radius 3 is 2.68 bits per heavy atom. The summed E-state index contributed by atoms with van der Waals surface area (Å²) in [5, 5.41) is 7.62. The van der Waals surface area contributed by atoms with Gasteiger partial charge in [-0.3, -0.25) is 9.69 Å². The second-order valence-corrected chi connectivity index (χ2v) is 8.05. The number of anilines is 1. The molecular weight excluding hydrogens is 374 g/mol. The van der Waals surface area contributed by atoms with E-state index >= 15 is 0 Å². The molecule has 0 saturated carbocycles.